The Kier molecular flexibility index (Phi) is 9.04. The molecule has 7 heteroatoms. The molecule has 40 heavy (non-hydrogen) atoms. The molecule has 1 aliphatic rings. The van der Waals surface area contributed by atoms with Crippen molar-refractivity contribution in [3.63, 3.8) is 0 Å². The molecule has 0 bridgehead atoms. The van der Waals surface area contributed by atoms with Crippen molar-refractivity contribution in [1.82, 2.24) is 5.32 Å². The third-order valence-corrected chi connectivity index (χ3v) is 6.50. The predicted octanol–water partition coefficient (Wildman–Crippen LogP) is 5.75. The Bertz CT molecular complexity index is 1330. The first-order valence-corrected chi connectivity index (χ1v) is 13.3. The van der Waals surface area contributed by atoms with Gasteiger partial charge in [0.15, 0.2) is 0 Å². The van der Waals surface area contributed by atoms with Gasteiger partial charge in [-0.15, -0.1) is 0 Å². The van der Waals surface area contributed by atoms with E-state index in [4.69, 9.17) is 14.2 Å². The van der Waals surface area contributed by atoms with Gasteiger partial charge in [0, 0.05) is 12.3 Å². The van der Waals surface area contributed by atoms with E-state index in [1.807, 2.05) is 48.5 Å². The second kappa shape index (κ2) is 12.6. The van der Waals surface area contributed by atoms with Gasteiger partial charge in [-0.25, -0.2) is 9.59 Å². The largest absolute Gasteiger partial charge is 0.461 e. The Labute approximate surface area is 235 Å². The number of rotatable bonds is 10. The van der Waals surface area contributed by atoms with Crippen molar-refractivity contribution < 1.29 is 28.6 Å². The number of benzene rings is 3. The summed E-state index contributed by atoms with van der Waals surface area (Å²) >= 11 is 0. The topological polar surface area (TPSA) is 90.9 Å². The summed E-state index contributed by atoms with van der Waals surface area (Å²) in [7, 11) is 0. The van der Waals surface area contributed by atoms with Gasteiger partial charge in [0.05, 0.1) is 6.42 Å². The van der Waals surface area contributed by atoms with Crippen molar-refractivity contribution >= 4 is 18.0 Å². The molecular weight excluding hydrogens is 506 g/mol. The third kappa shape index (κ3) is 7.38. The summed E-state index contributed by atoms with van der Waals surface area (Å²) in [6, 6.07) is 22.4. The molecule has 4 rings (SSSR count). The van der Waals surface area contributed by atoms with Gasteiger partial charge >= 0.3 is 18.0 Å². The molecule has 1 atom stereocenters. The zero-order valence-corrected chi connectivity index (χ0v) is 23.1. The molecule has 3 aromatic rings. The molecule has 1 N–H and O–H groups in total. The number of nitrogens with one attached hydrogen (secondary N) is 1. The third-order valence-electron chi connectivity index (χ3n) is 6.50. The molecule has 7 nitrogen and oxygen atoms in total. The quantitative estimate of drug-likeness (QED) is 0.200. The van der Waals surface area contributed by atoms with Crippen LogP contribution in [0.4, 0.5) is 4.79 Å². The lowest BCUT2D eigenvalue weighted by Crippen LogP contribution is -2.46. The average Bonchev–Trinajstić information content (AvgIpc) is 3.24. The second-order valence-electron chi connectivity index (χ2n) is 10.7. The van der Waals surface area contributed by atoms with Crippen molar-refractivity contribution in [3.05, 3.63) is 108 Å². The Morgan fingerprint density at radius 2 is 1.45 bits per heavy atom. The first kappa shape index (κ1) is 28.6. The van der Waals surface area contributed by atoms with Crippen LogP contribution in [0.25, 0.3) is 11.1 Å². The van der Waals surface area contributed by atoms with Crippen molar-refractivity contribution in [2.45, 2.75) is 51.2 Å². The van der Waals surface area contributed by atoms with Gasteiger partial charge in [-0.2, -0.15) is 0 Å². The minimum atomic E-state index is -0.960. The number of amides is 1. The van der Waals surface area contributed by atoms with E-state index in [0.717, 1.165) is 33.4 Å². The summed E-state index contributed by atoms with van der Waals surface area (Å²) < 4.78 is 16.3. The van der Waals surface area contributed by atoms with Crippen LogP contribution in [0.1, 0.15) is 48.9 Å². The van der Waals surface area contributed by atoms with Gasteiger partial charge in [-0.05, 0) is 54.2 Å². The van der Waals surface area contributed by atoms with Crippen LogP contribution in [0.2, 0.25) is 0 Å². The zero-order valence-electron chi connectivity index (χ0n) is 23.1. The highest BCUT2D eigenvalue weighted by atomic mass is 16.6. The standard InChI is InChI=1S/C33H35NO6/c1-5-18-38-30(35)20-23-16-14-22(15-17-23)19-29(31(36)40-33(2,3)4)34-32(37)39-21-28-26-12-8-6-10-24(26)25-11-7-9-13-27(25)28/h5-17,28-29H,1,18-21H2,2-4H3,(H,34,37)/t29-/m0/s1. The Balaban J connectivity index is 1.42. The first-order chi connectivity index (χ1) is 19.1. The van der Waals surface area contributed by atoms with Crippen molar-refractivity contribution in [2.24, 2.45) is 0 Å². The van der Waals surface area contributed by atoms with Gasteiger partial charge < -0.3 is 19.5 Å². The molecule has 1 aliphatic carbocycles. The minimum Gasteiger partial charge on any atom is -0.461 e. The van der Waals surface area contributed by atoms with Crippen LogP contribution in [0.3, 0.4) is 0 Å². The molecular formula is C33H35NO6. The monoisotopic (exact) mass is 541 g/mol. The number of hydrogen-bond acceptors (Lipinski definition) is 6. The van der Waals surface area contributed by atoms with Crippen molar-refractivity contribution in [2.75, 3.05) is 13.2 Å². The van der Waals surface area contributed by atoms with Gasteiger partial charge in [0.1, 0.15) is 24.9 Å². The summed E-state index contributed by atoms with van der Waals surface area (Å²) in [5, 5.41) is 2.71. The number of ether oxygens (including phenoxy) is 3. The summed E-state index contributed by atoms with van der Waals surface area (Å²) in [4.78, 5) is 37.9. The van der Waals surface area contributed by atoms with E-state index in [-0.39, 0.29) is 37.9 Å². The molecule has 0 unspecified atom stereocenters. The molecule has 0 saturated carbocycles. The van der Waals surface area contributed by atoms with E-state index < -0.39 is 23.7 Å². The van der Waals surface area contributed by atoms with Gasteiger partial charge in [0.25, 0.3) is 0 Å². The number of esters is 2. The maximum absolute atomic E-state index is 13.0. The maximum Gasteiger partial charge on any atom is 0.407 e. The van der Waals surface area contributed by atoms with E-state index in [0.29, 0.717) is 0 Å². The molecule has 0 heterocycles. The number of alkyl carbamates (subject to hydrolysis) is 1. The van der Waals surface area contributed by atoms with E-state index in [1.54, 1.807) is 32.9 Å². The maximum atomic E-state index is 13.0. The molecule has 208 valence electrons. The highest BCUT2D eigenvalue weighted by Crippen LogP contribution is 2.44. The SMILES string of the molecule is C=CCOC(=O)Cc1ccc(C[C@H](NC(=O)OCC2c3ccccc3-c3ccccc32)C(=O)OC(C)(C)C)cc1. The lowest BCUT2D eigenvalue weighted by atomic mass is 9.98. The fourth-order valence-electron chi connectivity index (χ4n) is 4.75. The normalized spacial score (nSPS) is 13.0. The van der Waals surface area contributed by atoms with Crippen molar-refractivity contribution in [1.29, 1.82) is 0 Å². The molecule has 0 aromatic heterocycles. The van der Waals surface area contributed by atoms with Gasteiger partial charge in [0.2, 0.25) is 0 Å². The van der Waals surface area contributed by atoms with E-state index in [2.05, 4.69) is 24.0 Å². The summed E-state index contributed by atoms with van der Waals surface area (Å²) in [5.41, 5.74) is 5.32. The number of hydrogen-bond donors (Lipinski definition) is 1. The summed E-state index contributed by atoms with van der Waals surface area (Å²) in [6.07, 6.45) is 1.14. The zero-order chi connectivity index (χ0) is 28.7. The lowest BCUT2D eigenvalue weighted by Gasteiger charge is -2.25. The molecule has 0 fully saturated rings. The number of fused-ring (bicyclic) bond motifs is 3. The molecule has 1 amide bonds. The summed E-state index contributed by atoms with van der Waals surface area (Å²) in [5.74, 6) is -1.00. The Morgan fingerprint density at radius 1 is 0.875 bits per heavy atom. The van der Waals surface area contributed by atoms with Crippen LogP contribution >= 0.6 is 0 Å². The lowest BCUT2D eigenvalue weighted by molar-refractivity contribution is -0.157. The average molecular weight is 542 g/mol. The van der Waals surface area contributed by atoms with Gasteiger partial charge in [-0.1, -0.05) is 85.5 Å². The van der Waals surface area contributed by atoms with E-state index in [9.17, 15) is 14.4 Å². The molecule has 0 saturated heterocycles. The molecule has 0 spiro atoms. The van der Waals surface area contributed by atoms with E-state index >= 15 is 0 Å². The Morgan fingerprint density at radius 3 is 2.02 bits per heavy atom. The van der Waals surface area contributed by atoms with Crippen molar-refractivity contribution in [3.8, 4) is 11.1 Å². The van der Waals surface area contributed by atoms with Crippen LogP contribution in [-0.2, 0) is 36.6 Å². The molecule has 0 aliphatic heterocycles. The first-order valence-electron chi connectivity index (χ1n) is 13.3. The van der Waals surface area contributed by atoms with Crippen LogP contribution in [-0.4, -0.2) is 42.9 Å². The smallest absolute Gasteiger partial charge is 0.407 e. The minimum absolute atomic E-state index is 0.0937. The van der Waals surface area contributed by atoms with E-state index in [1.165, 1.54) is 6.08 Å². The number of carbonyl (C=O) groups excluding carboxylic acids is 3. The molecule has 0 radical (unpaired) electrons. The second-order valence-corrected chi connectivity index (χ2v) is 10.7. The van der Waals surface area contributed by atoms with Crippen LogP contribution in [0.15, 0.2) is 85.5 Å². The predicted molar refractivity (Wildman–Crippen MR) is 153 cm³/mol. The summed E-state index contributed by atoms with van der Waals surface area (Å²) in [6.45, 7) is 9.15. The van der Waals surface area contributed by atoms with Crippen LogP contribution < -0.4 is 5.32 Å². The number of carbonyl (C=O) groups is 3. The highest BCUT2D eigenvalue weighted by molar-refractivity contribution is 5.82. The van der Waals surface area contributed by atoms with Crippen LogP contribution in [0, 0.1) is 0 Å². The molecule has 3 aromatic carbocycles. The fourth-order valence-corrected chi connectivity index (χ4v) is 4.75. The van der Waals surface area contributed by atoms with Crippen LogP contribution in [0.5, 0.6) is 0 Å². The highest BCUT2D eigenvalue weighted by Gasteiger charge is 2.31. The fraction of sp³-hybridized carbons (Fsp3) is 0.303. The van der Waals surface area contributed by atoms with Gasteiger partial charge in [-0.3, -0.25) is 4.79 Å². The Hall–Kier alpha value is -4.39.